The maximum Gasteiger partial charge on any atom is 0.407 e. The lowest BCUT2D eigenvalue weighted by molar-refractivity contribution is 0.126. The molecule has 1 amide bonds. The van der Waals surface area contributed by atoms with Gasteiger partial charge in [-0.05, 0) is 53.4 Å². The Bertz CT molecular complexity index is 259. The van der Waals surface area contributed by atoms with Gasteiger partial charge in [-0.1, -0.05) is 6.42 Å². The molecule has 1 heterocycles. The number of alkyl carbamates (subject to hydrolysis) is 1. The third-order valence-corrected chi connectivity index (χ3v) is 3.60. The fraction of sp³-hybridized carbons (Fsp3) is 0.929. The quantitative estimate of drug-likeness (QED) is 0.763. The molecule has 1 aliphatic rings. The van der Waals surface area contributed by atoms with Gasteiger partial charge in [0.05, 0.1) is 6.61 Å². The van der Waals surface area contributed by atoms with Crippen molar-refractivity contribution >= 4 is 6.09 Å². The molecule has 0 aromatic carbocycles. The van der Waals surface area contributed by atoms with Crippen LogP contribution in [-0.2, 0) is 4.74 Å². The van der Waals surface area contributed by atoms with Crippen molar-refractivity contribution in [3.8, 4) is 0 Å². The lowest BCUT2D eigenvalue weighted by Crippen LogP contribution is -2.44. The largest absolute Gasteiger partial charge is 0.450 e. The Labute approximate surface area is 117 Å². The first kappa shape index (κ1) is 16.2. The van der Waals surface area contributed by atoms with Gasteiger partial charge in [0.2, 0.25) is 0 Å². The smallest absolute Gasteiger partial charge is 0.407 e. The number of rotatable bonds is 7. The Hall–Kier alpha value is -0.810. The van der Waals surface area contributed by atoms with Gasteiger partial charge in [0.25, 0.3) is 0 Å². The highest BCUT2D eigenvalue weighted by molar-refractivity contribution is 5.66. The summed E-state index contributed by atoms with van der Waals surface area (Å²) in [5, 5.41) is 2.80. The highest BCUT2D eigenvalue weighted by Gasteiger charge is 2.21. The fourth-order valence-corrected chi connectivity index (χ4v) is 2.57. The summed E-state index contributed by atoms with van der Waals surface area (Å²) in [7, 11) is 4.24. The Balaban J connectivity index is 2.25. The van der Waals surface area contributed by atoms with Crippen molar-refractivity contribution in [2.75, 3.05) is 46.9 Å². The van der Waals surface area contributed by atoms with Crippen LogP contribution in [-0.4, -0.2) is 68.8 Å². The van der Waals surface area contributed by atoms with Crippen LogP contribution in [0.2, 0.25) is 0 Å². The summed E-state index contributed by atoms with van der Waals surface area (Å²) in [6.07, 6.45) is 4.81. The second-order valence-corrected chi connectivity index (χ2v) is 5.42. The third kappa shape index (κ3) is 6.78. The van der Waals surface area contributed by atoms with Gasteiger partial charge >= 0.3 is 6.09 Å². The number of hydrogen-bond donors (Lipinski definition) is 1. The average Bonchev–Trinajstić information content (AvgIpc) is 2.38. The summed E-state index contributed by atoms with van der Waals surface area (Å²) in [6, 6.07) is 0.667. The molecule has 1 atom stereocenters. The zero-order valence-corrected chi connectivity index (χ0v) is 12.7. The molecule has 0 bridgehead atoms. The predicted octanol–water partition coefficient (Wildman–Crippen LogP) is 1.54. The van der Waals surface area contributed by atoms with Crippen LogP contribution in [0.4, 0.5) is 4.79 Å². The molecule has 0 aliphatic carbocycles. The standard InChI is InChI=1S/C14H29N3O2/c1-4-19-14(18)15-9-12-17-10-6-5-7-13(17)8-11-16(2)3/h13H,4-12H2,1-3H3,(H,15,18). The molecule has 5 nitrogen and oxygen atoms in total. The first-order valence-corrected chi connectivity index (χ1v) is 7.43. The fourth-order valence-electron chi connectivity index (χ4n) is 2.57. The van der Waals surface area contributed by atoms with Crippen molar-refractivity contribution in [1.29, 1.82) is 0 Å². The van der Waals surface area contributed by atoms with Crippen LogP contribution in [0.5, 0.6) is 0 Å². The van der Waals surface area contributed by atoms with Crippen molar-refractivity contribution in [1.82, 2.24) is 15.1 Å². The normalized spacial score (nSPS) is 20.5. The van der Waals surface area contributed by atoms with E-state index in [-0.39, 0.29) is 6.09 Å². The summed E-state index contributed by atoms with van der Waals surface area (Å²) in [4.78, 5) is 16.0. The molecule has 1 unspecified atom stereocenters. The second kappa shape index (κ2) is 9.15. The summed E-state index contributed by atoms with van der Waals surface area (Å²) in [5.41, 5.74) is 0. The third-order valence-electron chi connectivity index (χ3n) is 3.60. The number of amides is 1. The topological polar surface area (TPSA) is 44.8 Å². The highest BCUT2D eigenvalue weighted by Crippen LogP contribution is 2.19. The van der Waals surface area contributed by atoms with E-state index in [0.29, 0.717) is 19.2 Å². The number of hydrogen-bond acceptors (Lipinski definition) is 4. The van der Waals surface area contributed by atoms with Crippen LogP contribution in [0.15, 0.2) is 0 Å². The molecule has 1 fully saturated rings. The number of piperidine rings is 1. The number of ether oxygens (including phenoxy) is 1. The van der Waals surface area contributed by atoms with E-state index < -0.39 is 0 Å². The molecule has 0 aromatic heterocycles. The van der Waals surface area contributed by atoms with Crippen molar-refractivity contribution in [3.05, 3.63) is 0 Å². The molecule has 1 saturated heterocycles. The van der Waals surface area contributed by atoms with Gasteiger partial charge in [-0.2, -0.15) is 0 Å². The number of nitrogens with zero attached hydrogens (tertiary/aromatic N) is 2. The van der Waals surface area contributed by atoms with E-state index >= 15 is 0 Å². The van der Waals surface area contributed by atoms with Gasteiger partial charge in [0.15, 0.2) is 0 Å². The molecule has 0 radical (unpaired) electrons. The molecule has 1 aliphatic heterocycles. The summed E-state index contributed by atoms with van der Waals surface area (Å²) >= 11 is 0. The zero-order valence-electron chi connectivity index (χ0n) is 12.7. The average molecular weight is 271 g/mol. The molecule has 0 saturated carbocycles. The van der Waals surface area contributed by atoms with Crippen molar-refractivity contribution in [2.24, 2.45) is 0 Å². The number of likely N-dealkylation sites (tertiary alicyclic amines) is 1. The zero-order chi connectivity index (χ0) is 14.1. The Morgan fingerprint density at radius 1 is 1.42 bits per heavy atom. The summed E-state index contributed by atoms with van der Waals surface area (Å²) < 4.78 is 4.86. The molecular weight excluding hydrogens is 242 g/mol. The van der Waals surface area contributed by atoms with Gasteiger partial charge < -0.3 is 15.0 Å². The first-order valence-electron chi connectivity index (χ1n) is 7.43. The minimum absolute atomic E-state index is 0.302. The maximum atomic E-state index is 11.2. The molecule has 1 N–H and O–H groups in total. The van der Waals surface area contributed by atoms with E-state index in [4.69, 9.17) is 4.74 Å². The van der Waals surface area contributed by atoms with Crippen molar-refractivity contribution < 1.29 is 9.53 Å². The maximum absolute atomic E-state index is 11.2. The Morgan fingerprint density at radius 3 is 2.89 bits per heavy atom. The predicted molar refractivity (Wildman–Crippen MR) is 77.4 cm³/mol. The minimum Gasteiger partial charge on any atom is -0.450 e. The molecule has 0 aromatic rings. The van der Waals surface area contributed by atoms with Gasteiger partial charge in [0, 0.05) is 19.1 Å². The Kier molecular flexibility index (Phi) is 7.82. The van der Waals surface area contributed by atoms with Crippen LogP contribution in [0.1, 0.15) is 32.6 Å². The lowest BCUT2D eigenvalue weighted by Gasteiger charge is -2.36. The van der Waals surface area contributed by atoms with Gasteiger partial charge in [-0.3, -0.25) is 4.90 Å². The van der Waals surface area contributed by atoms with Gasteiger partial charge in [0.1, 0.15) is 0 Å². The lowest BCUT2D eigenvalue weighted by atomic mass is 9.99. The van der Waals surface area contributed by atoms with Crippen LogP contribution in [0.25, 0.3) is 0 Å². The van der Waals surface area contributed by atoms with Crippen molar-refractivity contribution in [3.63, 3.8) is 0 Å². The Morgan fingerprint density at radius 2 is 2.21 bits per heavy atom. The highest BCUT2D eigenvalue weighted by atomic mass is 16.5. The van der Waals surface area contributed by atoms with Crippen LogP contribution < -0.4 is 5.32 Å². The number of carbonyl (C=O) groups excluding carboxylic acids is 1. The van der Waals surface area contributed by atoms with E-state index in [9.17, 15) is 4.79 Å². The van der Waals surface area contributed by atoms with E-state index in [1.807, 2.05) is 6.92 Å². The molecule has 112 valence electrons. The SMILES string of the molecule is CCOC(=O)NCCN1CCCCC1CCN(C)C. The molecule has 19 heavy (non-hydrogen) atoms. The second-order valence-electron chi connectivity index (χ2n) is 5.42. The molecule has 5 heteroatoms. The number of nitrogens with one attached hydrogen (secondary N) is 1. The summed E-state index contributed by atoms with van der Waals surface area (Å²) in [5.74, 6) is 0. The van der Waals surface area contributed by atoms with E-state index in [1.54, 1.807) is 0 Å². The van der Waals surface area contributed by atoms with E-state index in [1.165, 1.54) is 25.7 Å². The van der Waals surface area contributed by atoms with E-state index in [2.05, 4.69) is 29.2 Å². The van der Waals surface area contributed by atoms with E-state index in [0.717, 1.165) is 19.6 Å². The van der Waals surface area contributed by atoms with Gasteiger partial charge in [-0.15, -0.1) is 0 Å². The van der Waals surface area contributed by atoms with Crippen LogP contribution >= 0.6 is 0 Å². The van der Waals surface area contributed by atoms with Crippen molar-refractivity contribution in [2.45, 2.75) is 38.6 Å². The minimum atomic E-state index is -0.302. The first-order chi connectivity index (χ1) is 9.13. The number of carbonyl (C=O) groups is 1. The monoisotopic (exact) mass is 271 g/mol. The summed E-state index contributed by atoms with van der Waals surface area (Å²) in [6.45, 7) is 6.14. The molecule has 1 rings (SSSR count). The molecule has 0 spiro atoms. The van der Waals surface area contributed by atoms with Crippen LogP contribution in [0, 0.1) is 0 Å². The van der Waals surface area contributed by atoms with Crippen LogP contribution in [0.3, 0.4) is 0 Å². The molecular formula is C14H29N3O2. The van der Waals surface area contributed by atoms with Gasteiger partial charge in [-0.25, -0.2) is 4.79 Å².